The monoisotopic (exact) mass is 266 g/mol. The first-order valence-corrected chi connectivity index (χ1v) is 6.50. The van der Waals surface area contributed by atoms with Crippen molar-refractivity contribution in [3.05, 3.63) is 41.7 Å². The van der Waals surface area contributed by atoms with Crippen LogP contribution in [0.15, 0.2) is 30.6 Å². The number of nitriles is 1. The summed E-state index contributed by atoms with van der Waals surface area (Å²) in [7, 11) is 0. The van der Waals surface area contributed by atoms with E-state index in [2.05, 4.69) is 53.4 Å². The second-order valence-electron chi connectivity index (χ2n) is 5.48. The highest BCUT2D eigenvalue weighted by atomic mass is 15.1. The number of aryl methyl sites for hydroxylation is 2. The van der Waals surface area contributed by atoms with Gasteiger partial charge in [0.15, 0.2) is 0 Å². The van der Waals surface area contributed by atoms with Gasteiger partial charge in [-0.15, -0.1) is 0 Å². The van der Waals surface area contributed by atoms with E-state index in [1.165, 1.54) is 11.1 Å². The molecule has 0 aliphatic carbocycles. The fraction of sp³-hybridized carbons (Fsp3) is 0.312. The number of benzene rings is 1. The van der Waals surface area contributed by atoms with Gasteiger partial charge in [0.1, 0.15) is 5.54 Å². The van der Waals surface area contributed by atoms with E-state index >= 15 is 0 Å². The van der Waals surface area contributed by atoms with Crippen LogP contribution in [0.4, 0.5) is 5.95 Å². The van der Waals surface area contributed by atoms with Crippen molar-refractivity contribution >= 4 is 5.95 Å². The Hall–Kier alpha value is -2.41. The van der Waals surface area contributed by atoms with Crippen molar-refractivity contribution in [1.82, 2.24) is 9.97 Å². The molecule has 0 radical (unpaired) electrons. The highest BCUT2D eigenvalue weighted by Gasteiger charge is 2.17. The van der Waals surface area contributed by atoms with E-state index in [-0.39, 0.29) is 0 Å². The molecule has 0 aliphatic heterocycles. The molecule has 2 rings (SSSR count). The normalized spacial score (nSPS) is 10.9. The zero-order chi connectivity index (χ0) is 14.8. The first kappa shape index (κ1) is 14.0. The Bertz CT molecular complexity index is 651. The van der Waals surface area contributed by atoms with Crippen LogP contribution in [-0.2, 0) is 0 Å². The topological polar surface area (TPSA) is 61.6 Å². The summed E-state index contributed by atoms with van der Waals surface area (Å²) in [5.41, 5.74) is 3.83. The van der Waals surface area contributed by atoms with Crippen LogP contribution in [0.1, 0.15) is 25.0 Å². The third-order valence-corrected chi connectivity index (χ3v) is 3.06. The van der Waals surface area contributed by atoms with Crippen LogP contribution in [0, 0.1) is 25.2 Å². The summed E-state index contributed by atoms with van der Waals surface area (Å²) in [5.74, 6) is 0.464. The number of aromatic nitrogens is 2. The molecule has 0 fully saturated rings. The molecule has 0 atom stereocenters. The third-order valence-electron chi connectivity index (χ3n) is 3.06. The summed E-state index contributed by atoms with van der Waals surface area (Å²) in [6.45, 7) is 7.71. The Morgan fingerprint density at radius 1 is 1.15 bits per heavy atom. The van der Waals surface area contributed by atoms with Gasteiger partial charge in [-0.1, -0.05) is 23.8 Å². The molecule has 20 heavy (non-hydrogen) atoms. The number of hydrogen-bond donors (Lipinski definition) is 1. The number of hydrogen-bond acceptors (Lipinski definition) is 4. The van der Waals surface area contributed by atoms with E-state index in [0.717, 1.165) is 11.1 Å². The van der Waals surface area contributed by atoms with Gasteiger partial charge in [0, 0.05) is 18.0 Å². The van der Waals surface area contributed by atoms with Crippen LogP contribution >= 0.6 is 0 Å². The molecular formula is C16H18N4. The van der Waals surface area contributed by atoms with E-state index in [0.29, 0.717) is 5.95 Å². The van der Waals surface area contributed by atoms with Gasteiger partial charge in [-0.2, -0.15) is 5.26 Å². The highest BCUT2D eigenvalue weighted by molar-refractivity contribution is 5.66. The van der Waals surface area contributed by atoms with E-state index < -0.39 is 5.54 Å². The zero-order valence-electron chi connectivity index (χ0n) is 12.2. The molecule has 102 valence electrons. The molecule has 0 spiro atoms. The van der Waals surface area contributed by atoms with Crippen molar-refractivity contribution in [3.63, 3.8) is 0 Å². The Kier molecular flexibility index (Phi) is 3.71. The maximum absolute atomic E-state index is 8.99. The zero-order valence-corrected chi connectivity index (χ0v) is 12.2. The van der Waals surface area contributed by atoms with Gasteiger partial charge >= 0.3 is 0 Å². The second-order valence-corrected chi connectivity index (χ2v) is 5.48. The van der Waals surface area contributed by atoms with Crippen molar-refractivity contribution in [2.24, 2.45) is 0 Å². The summed E-state index contributed by atoms with van der Waals surface area (Å²) >= 11 is 0. The fourth-order valence-corrected chi connectivity index (χ4v) is 1.89. The molecule has 4 nitrogen and oxygen atoms in total. The smallest absolute Gasteiger partial charge is 0.223 e. The molecule has 0 amide bonds. The first-order valence-electron chi connectivity index (χ1n) is 6.50. The predicted molar refractivity (Wildman–Crippen MR) is 80.3 cm³/mol. The summed E-state index contributed by atoms with van der Waals surface area (Å²) in [5, 5.41) is 12.0. The summed E-state index contributed by atoms with van der Waals surface area (Å²) in [6, 6.07) is 8.47. The fourth-order valence-electron chi connectivity index (χ4n) is 1.89. The van der Waals surface area contributed by atoms with Crippen molar-refractivity contribution in [1.29, 1.82) is 5.26 Å². The number of anilines is 1. The molecule has 0 bridgehead atoms. The van der Waals surface area contributed by atoms with Crippen molar-refractivity contribution in [2.45, 2.75) is 33.2 Å². The van der Waals surface area contributed by atoms with E-state index in [1.54, 1.807) is 26.2 Å². The molecule has 2 aromatic rings. The van der Waals surface area contributed by atoms with Gasteiger partial charge in [0.25, 0.3) is 0 Å². The third kappa shape index (κ3) is 3.12. The Balaban J connectivity index is 2.29. The van der Waals surface area contributed by atoms with Crippen LogP contribution in [0.5, 0.6) is 0 Å². The van der Waals surface area contributed by atoms with Crippen molar-refractivity contribution < 1.29 is 0 Å². The molecule has 0 aliphatic rings. The molecule has 0 saturated carbocycles. The lowest BCUT2D eigenvalue weighted by Gasteiger charge is -2.17. The van der Waals surface area contributed by atoms with Gasteiger partial charge in [-0.05, 0) is 38.8 Å². The number of rotatable bonds is 3. The van der Waals surface area contributed by atoms with Crippen LogP contribution in [-0.4, -0.2) is 15.5 Å². The lowest BCUT2D eigenvalue weighted by Crippen LogP contribution is -2.29. The van der Waals surface area contributed by atoms with Crippen molar-refractivity contribution in [2.75, 3.05) is 5.32 Å². The average molecular weight is 266 g/mol. The van der Waals surface area contributed by atoms with Crippen LogP contribution in [0.3, 0.4) is 0 Å². The van der Waals surface area contributed by atoms with Gasteiger partial charge in [-0.3, -0.25) is 0 Å². The summed E-state index contributed by atoms with van der Waals surface area (Å²) < 4.78 is 0. The maximum atomic E-state index is 8.99. The minimum atomic E-state index is -0.680. The molecule has 4 heteroatoms. The average Bonchev–Trinajstić information content (AvgIpc) is 2.42. The second kappa shape index (κ2) is 5.30. The van der Waals surface area contributed by atoms with Gasteiger partial charge < -0.3 is 5.32 Å². The lowest BCUT2D eigenvalue weighted by molar-refractivity contribution is 0.717. The van der Waals surface area contributed by atoms with Crippen LogP contribution in [0.2, 0.25) is 0 Å². The van der Waals surface area contributed by atoms with E-state index in [9.17, 15) is 0 Å². The Labute approximate surface area is 119 Å². The molecule has 1 N–H and O–H groups in total. The molecule has 0 saturated heterocycles. The number of nitrogens with one attached hydrogen (secondary N) is 1. The minimum Gasteiger partial charge on any atom is -0.336 e. The molecule has 0 unspecified atom stereocenters. The van der Waals surface area contributed by atoms with Gasteiger partial charge in [0.05, 0.1) is 6.07 Å². The van der Waals surface area contributed by atoms with Crippen LogP contribution in [0.25, 0.3) is 11.1 Å². The van der Waals surface area contributed by atoms with Crippen molar-refractivity contribution in [3.8, 4) is 17.2 Å². The molecular weight excluding hydrogens is 248 g/mol. The minimum absolute atomic E-state index is 0.464. The van der Waals surface area contributed by atoms with Crippen LogP contribution < -0.4 is 5.32 Å². The molecule has 1 aromatic carbocycles. The van der Waals surface area contributed by atoms with Gasteiger partial charge in [-0.25, -0.2) is 9.97 Å². The Morgan fingerprint density at radius 2 is 1.80 bits per heavy atom. The highest BCUT2D eigenvalue weighted by Crippen LogP contribution is 2.24. The van der Waals surface area contributed by atoms with Gasteiger partial charge in [0.2, 0.25) is 5.95 Å². The number of nitrogens with zero attached hydrogens (tertiary/aromatic N) is 3. The standard InChI is InChI=1S/C16H18N4/c1-11-5-6-12(2)14(7-11)13-8-18-15(19-9-13)20-16(3,4)10-17/h5-9H,1-4H3,(H,18,19,20). The summed E-state index contributed by atoms with van der Waals surface area (Å²) in [6.07, 6.45) is 3.56. The van der Waals surface area contributed by atoms with E-state index in [4.69, 9.17) is 5.26 Å². The van der Waals surface area contributed by atoms with E-state index in [1.807, 2.05) is 0 Å². The lowest BCUT2D eigenvalue weighted by atomic mass is 10.0. The SMILES string of the molecule is Cc1ccc(C)c(-c2cnc(NC(C)(C)C#N)nc2)c1. The first-order chi connectivity index (χ1) is 9.41. The Morgan fingerprint density at radius 3 is 2.40 bits per heavy atom. The maximum Gasteiger partial charge on any atom is 0.223 e. The summed E-state index contributed by atoms with van der Waals surface area (Å²) in [4.78, 5) is 8.57. The predicted octanol–water partition coefficient (Wildman–Crippen LogP) is 3.47. The largest absolute Gasteiger partial charge is 0.336 e. The molecule has 1 aromatic heterocycles. The molecule has 1 heterocycles. The quantitative estimate of drug-likeness (QED) is 0.924.